The van der Waals surface area contributed by atoms with Gasteiger partial charge in [0.1, 0.15) is 25.1 Å². The second-order valence-electron chi connectivity index (χ2n) is 7.39. The molecule has 0 unspecified atom stereocenters. The van der Waals surface area contributed by atoms with E-state index in [-0.39, 0.29) is 22.8 Å². The van der Waals surface area contributed by atoms with Crippen molar-refractivity contribution in [2.24, 2.45) is 0 Å². The van der Waals surface area contributed by atoms with Crippen LogP contribution in [0, 0.1) is 6.92 Å². The lowest BCUT2D eigenvalue weighted by Crippen LogP contribution is -2.01. The summed E-state index contributed by atoms with van der Waals surface area (Å²) in [5, 5.41) is 8.86. The third-order valence-electron chi connectivity index (χ3n) is 4.40. The molecule has 0 aromatic carbocycles. The predicted octanol–water partition coefficient (Wildman–Crippen LogP) is 2.74. The third kappa shape index (κ3) is 18.7. The lowest BCUT2D eigenvalue weighted by Gasteiger charge is -1.89. The zero-order valence-corrected chi connectivity index (χ0v) is 29.2. The number of hydrogen-bond donors (Lipinski definition) is 1. The Balaban J connectivity index is 0. The molecule has 4 aromatic rings. The van der Waals surface area contributed by atoms with Gasteiger partial charge in [-0.2, -0.15) is 16.8 Å². The van der Waals surface area contributed by atoms with E-state index >= 15 is 0 Å². The zero-order chi connectivity index (χ0) is 37.1. The van der Waals surface area contributed by atoms with Crippen LogP contribution in [0.2, 0.25) is 0 Å². The van der Waals surface area contributed by atoms with Crippen molar-refractivity contribution < 1.29 is 73.0 Å². The molecule has 23 heteroatoms. The maximum Gasteiger partial charge on any atom is 0.360 e. The number of nitrogens with zero attached hydrogens (tertiary/aromatic N) is 4. The fourth-order valence-electron chi connectivity index (χ4n) is 2.38. The normalized spacial score (nSPS) is 8.90. The van der Waals surface area contributed by atoms with Gasteiger partial charge in [-0.25, -0.2) is 39.1 Å². The van der Waals surface area contributed by atoms with Crippen LogP contribution in [0.15, 0.2) is 42.7 Å². The molecule has 4 aromatic heterocycles. The minimum absolute atomic E-state index is 0.0307. The third-order valence-corrected chi connectivity index (χ3v) is 4.88. The number of carbonyl (C=O) groups excluding carboxylic acids is 3. The highest BCUT2D eigenvalue weighted by molar-refractivity contribution is 9.08. The first-order valence-electron chi connectivity index (χ1n) is 12.5. The molecule has 1 N–H and O–H groups in total. The lowest BCUT2D eigenvalue weighted by molar-refractivity contribution is 0.0585. The smallest absolute Gasteiger partial charge is 0.360 e. The van der Waals surface area contributed by atoms with E-state index in [1.807, 2.05) is 13.8 Å². The first-order valence-corrected chi connectivity index (χ1v) is 14.9. The van der Waals surface area contributed by atoms with Crippen LogP contribution < -0.4 is 0 Å². The van der Waals surface area contributed by atoms with Crippen LogP contribution >= 0.6 is 15.9 Å². The molecule has 264 valence electrons. The van der Waals surface area contributed by atoms with Crippen molar-refractivity contribution >= 4 is 62.9 Å². The summed E-state index contributed by atoms with van der Waals surface area (Å²) in [5.41, 5.74) is 0.600. The van der Waals surface area contributed by atoms with Gasteiger partial charge in [0.15, 0.2) is 40.4 Å². The number of carboxylic acids is 1. The molecule has 0 radical (unpaired) electrons. The standard InChI is InChI=1S/C7H9NO3.C6H6BrNO3.2C6H7NO3.2O2S/c1-3-6-8-5(4-11-6)7(9)10-2;1-10-6(9)4-3-11-5(2-7)8-4;1-4-7-5(3-10-4)6(8)9-2;1-2-5-7-4(3-10-5)6(8)9;2*1-3-2/h4H,3H2,1-2H3;3H,2H2,1H3;3H,1-2H3;3H,2H2,1H3,(H,8,9);;. The number of halogens is 1. The molecule has 20 nitrogen and oxygen atoms in total. The van der Waals surface area contributed by atoms with Crippen LogP contribution in [-0.4, -0.2) is 87.1 Å². The molecule has 0 aliphatic heterocycles. The van der Waals surface area contributed by atoms with E-state index in [0.29, 0.717) is 41.7 Å². The van der Waals surface area contributed by atoms with Gasteiger partial charge < -0.3 is 37.0 Å². The second-order valence-corrected chi connectivity index (χ2v) is 8.22. The highest BCUT2D eigenvalue weighted by Crippen LogP contribution is 2.06. The number of carbonyl (C=O) groups is 4. The molecular weight excluding hydrogens is 756 g/mol. The Morgan fingerprint density at radius 2 is 0.958 bits per heavy atom. The predicted molar refractivity (Wildman–Crippen MR) is 161 cm³/mol. The van der Waals surface area contributed by atoms with Crippen LogP contribution in [0.25, 0.3) is 0 Å². The molecule has 0 fully saturated rings. The van der Waals surface area contributed by atoms with E-state index in [4.69, 9.17) is 39.6 Å². The average molecular weight is 786 g/mol. The summed E-state index contributed by atoms with van der Waals surface area (Å²) in [6.45, 7) is 5.40. The van der Waals surface area contributed by atoms with E-state index < -0.39 is 47.0 Å². The first-order chi connectivity index (χ1) is 22.8. The summed E-state index contributed by atoms with van der Waals surface area (Å²) >= 11 is 1.63. The zero-order valence-electron chi connectivity index (χ0n) is 26.0. The molecule has 4 rings (SSSR count). The van der Waals surface area contributed by atoms with Crippen molar-refractivity contribution in [2.45, 2.75) is 38.9 Å². The van der Waals surface area contributed by atoms with Crippen LogP contribution in [0.3, 0.4) is 0 Å². The first kappa shape index (κ1) is 45.0. The quantitative estimate of drug-likeness (QED) is 0.160. The maximum atomic E-state index is 10.8. The maximum absolute atomic E-state index is 10.8. The number of aromatic nitrogens is 4. The van der Waals surface area contributed by atoms with Gasteiger partial charge in [0.2, 0.25) is 5.89 Å². The van der Waals surface area contributed by atoms with E-state index in [9.17, 15) is 19.2 Å². The summed E-state index contributed by atoms with van der Waals surface area (Å²) < 4.78 is 65.8. The van der Waals surface area contributed by atoms with Crippen LogP contribution in [0.1, 0.15) is 79.4 Å². The lowest BCUT2D eigenvalue weighted by atomic mass is 10.5. The molecule has 0 saturated heterocycles. The van der Waals surface area contributed by atoms with Gasteiger partial charge in [-0.1, -0.05) is 29.8 Å². The Morgan fingerprint density at radius 3 is 1.21 bits per heavy atom. The summed E-state index contributed by atoms with van der Waals surface area (Å²) in [7, 11) is 3.90. The van der Waals surface area contributed by atoms with Crippen LogP contribution in [-0.2, 0) is 55.5 Å². The number of carboxylic acid groups (broad SMARTS) is 1. The molecular formula is C25H29BrN4O16S2. The number of alkyl halides is 1. The molecule has 48 heavy (non-hydrogen) atoms. The van der Waals surface area contributed by atoms with Crippen LogP contribution in [0.5, 0.6) is 0 Å². The Kier molecular flexibility index (Phi) is 25.3. The van der Waals surface area contributed by atoms with E-state index in [2.05, 4.69) is 50.1 Å². The Hall–Kier alpha value is -5.16. The molecule has 4 heterocycles. The molecule has 0 amide bonds. The second kappa shape index (κ2) is 27.0. The molecule has 0 aliphatic carbocycles. The summed E-state index contributed by atoms with van der Waals surface area (Å²) in [6, 6.07) is 0. The number of oxazole rings is 4. The summed E-state index contributed by atoms with van der Waals surface area (Å²) in [4.78, 5) is 57.5. The minimum atomic E-state index is -1.05. The molecule has 0 bridgehead atoms. The fraction of sp³-hybridized carbons (Fsp3) is 0.360. The number of ether oxygens (including phenoxy) is 3. The van der Waals surface area contributed by atoms with Gasteiger partial charge in [-0.15, -0.1) is 0 Å². The number of aromatic carboxylic acids is 1. The van der Waals surface area contributed by atoms with Crippen LogP contribution in [0.4, 0.5) is 0 Å². The van der Waals surface area contributed by atoms with Crippen molar-refractivity contribution in [3.63, 3.8) is 0 Å². The van der Waals surface area contributed by atoms with E-state index in [0.717, 1.165) is 6.26 Å². The Morgan fingerprint density at radius 1 is 0.646 bits per heavy atom. The Labute approximate surface area is 286 Å². The van der Waals surface area contributed by atoms with Crippen molar-refractivity contribution in [1.82, 2.24) is 19.9 Å². The topological polar surface area (TPSA) is 289 Å². The van der Waals surface area contributed by atoms with Gasteiger partial charge in [-0.05, 0) is 0 Å². The largest absolute Gasteiger partial charge is 0.476 e. The van der Waals surface area contributed by atoms with Gasteiger partial charge in [0, 0.05) is 19.8 Å². The molecule has 0 saturated carbocycles. The molecule has 0 atom stereocenters. The fourth-order valence-corrected chi connectivity index (χ4v) is 2.63. The van der Waals surface area contributed by atoms with Crippen molar-refractivity contribution in [2.75, 3.05) is 21.3 Å². The van der Waals surface area contributed by atoms with Gasteiger partial charge in [0.05, 0.1) is 26.7 Å². The van der Waals surface area contributed by atoms with Gasteiger partial charge in [-0.3, -0.25) is 0 Å². The minimum Gasteiger partial charge on any atom is -0.476 e. The van der Waals surface area contributed by atoms with E-state index in [1.54, 1.807) is 6.92 Å². The number of rotatable bonds is 7. The number of aryl methyl sites for hydroxylation is 3. The highest BCUT2D eigenvalue weighted by Gasteiger charge is 2.12. The van der Waals surface area contributed by atoms with Gasteiger partial charge in [0.25, 0.3) is 0 Å². The van der Waals surface area contributed by atoms with Crippen molar-refractivity contribution in [1.29, 1.82) is 0 Å². The number of esters is 3. The average Bonchev–Trinajstić information content (AvgIpc) is 3.92. The number of hydrogen-bond acceptors (Lipinski definition) is 19. The highest BCUT2D eigenvalue weighted by atomic mass is 79.9. The van der Waals surface area contributed by atoms with Gasteiger partial charge >= 0.3 is 47.0 Å². The van der Waals surface area contributed by atoms with Crippen molar-refractivity contribution in [3.05, 3.63) is 71.4 Å². The SMILES string of the molecule is CCc1nc(C(=O)O)co1.CCc1nc(C(=O)OC)co1.COC(=O)c1coc(C)n1.COC(=O)c1coc(CBr)n1.O=S=O.O=S=O. The Bertz CT molecular complexity index is 1550. The summed E-state index contributed by atoms with van der Waals surface area (Å²) in [6.07, 6.45) is 6.26. The van der Waals surface area contributed by atoms with Crippen molar-refractivity contribution in [3.8, 4) is 0 Å². The summed E-state index contributed by atoms with van der Waals surface area (Å²) in [5.74, 6) is -0.552. The molecule has 0 spiro atoms. The molecule has 0 aliphatic rings. The number of methoxy groups -OCH3 is 3. The van der Waals surface area contributed by atoms with E-state index in [1.165, 1.54) is 40.1 Å². The monoisotopic (exact) mass is 784 g/mol.